The number of anilines is 1. The minimum Gasteiger partial charge on any atom is -0.478 e. The normalized spacial score (nSPS) is 14.8. The lowest BCUT2D eigenvalue weighted by molar-refractivity contribution is 0.0697. The molecule has 1 aliphatic carbocycles. The molecular weight excluding hydrogens is 256 g/mol. The van der Waals surface area contributed by atoms with Crippen molar-refractivity contribution in [1.29, 1.82) is 0 Å². The lowest BCUT2D eigenvalue weighted by atomic mass is 9.99. The topological polar surface area (TPSA) is 78.4 Å². The smallest absolute Gasteiger partial charge is 0.338 e. The molecule has 0 aliphatic heterocycles. The molecule has 2 amide bonds. The zero-order chi connectivity index (χ0) is 14.9. The van der Waals surface area contributed by atoms with E-state index in [-0.39, 0.29) is 17.1 Å². The van der Waals surface area contributed by atoms with Crippen molar-refractivity contribution >= 4 is 17.7 Å². The van der Waals surface area contributed by atoms with E-state index >= 15 is 0 Å². The highest BCUT2D eigenvalue weighted by atomic mass is 16.4. The molecule has 1 saturated carbocycles. The molecule has 1 aromatic rings. The van der Waals surface area contributed by atoms with E-state index in [9.17, 15) is 14.7 Å². The van der Waals surface area contributed by atoms with E-state index in [1.54, 1.807) is 25.1 Å². The Balaban J connectivity index is 2.12. The largest absolute Gasteiger partial charge is 0.478 e. The molecule has 1 aliphatic rings. The maximum absolute atomic E-state index is 12.0. The average molecular weight is 276 g/mol. The highest BCUT2D eigenvalue weighted by molar-refractivity contribution is 6.01. The molecule has 108 valence electrons. The fourth-order valence-electron chi connectivity index (χ4n) is 2.41. The van der Waals surface area contributed by atoms with Gasteiger partial charge in [-0.25, -0.2) is 9.59 Å². The van der Waals surface area contributed by atoms with Crippen LogP contribution in [0.1, 0.15) is 42.6 Å². The molecule has 0 atom stereocenters. The standard InChI is InChI=1S/C15H20N2O3/c1-9-5-4-6-11(12(9)13(18)19)16-14(20)17-15(2,3)10-7-8-10/h4-6,10H,7-8H2,1-3H3,(H,18,19)(H2,16,17,20). The molecule has 0 spiro atoms. The highest BCUT2D eigenvalue weighted by Crippen LogP contribution is 2.39. The van der Waals surface area contributed by atoms with E-state index in [0.717, 1.165) is 12.8 Å². The molecule has 0 bridgehead atoms. The highest BCUT2D eigenvalue weighted by Gasteiger charge is 2.38. The summed E-state index contributed by atoms with van der Waals surface area (Å²) in [4.78, 5) is 23.3. The van der Waals surface area contributed by atoms with Crippen LogP contribution in [0.5, 0.6) is 0 Å². The van der Waals surface area contributed by atoms with Gasteiger partial charge in [-0.15, -0.1) is 0 Å². The van der Waals surface area contributed by atoms with Crippen molar-refractivity contribution < 1.29 is 14.7 Å². The van der Waals surface area contributed by atoms with Crippen molar-refractivity contribution in [3.8, 4) is 0 Å². The summed E-state index contributed by atoms with van der Waals surface area (Å²) in [6.45, 7) is 5.68. The molecule has 0 unspecified atom stereocenters. The first-order valence-electron chi connectivity index (χ1n) is 6.73. The van der Waals surface area contributed by atoms with Crippen LogP contribution < -0.4 is 10.6 Å². The van der Waals surface area contributed by atoms with Crippen molar-refractivity contribution in [1.82, 2.24) is 5.32 Å². The van der Waals surface area contributed by atoms with Crippen molar-refractivity contribution in [3.05, 3.63) is 29.3 Å². The summed E-state index contributed by atoms with van der Waals surface area (Å²) in [7, 11) is 0. The van der Waals surface area contributed by atoms with Crippen molar-refractivity contribution in [2.75, 3.05) is 5.32 Å². The van der Waals surface area contributed by atoms with Gasteiger partial charge in [0.05, 0.1) is 11.3 Å². The van der Waals surface area contributed by atoms with Crippen molar-refractivity contribution in [2.45, 2.75) is 39.2 Å². The minimum absolute atomic E-state index is 0.131. The summed E-state index contributed by atoms with van der Waals surface area (Å²) in [5.74, 6) is -0.537. The Bertz CT molecular complexity index is 548. The van der Waals surface area contributed by atoms with Gasteiger partial charge in [0, 0.05) is 5.54 Å². The maximum atomic E-state index is 12.0. The van der Waals surface area contributed by atoms with Crippen LogP contribution in [-0.2, 0) is 0 Å². The Morgan fingerprint density at radius 2 is 1.95 bits per heavy atom. The summed E-state index contributed by atoms with van der Waals surface area (Å²) in [5, 5.41) is 14.8. The number of amides is 2. The number of hydrogen-bond acceptors (Lipinski definition) is 2. The Kier molecular flexibility index (Phi) is 3.70. The van der Waals surface area contributed by atoms with Crippen LogP contribution >= 0.6 is 0 Å². The SMILES string of the molecule is Cc1cccc(NC(=O)NC(C)(C)C2CC2)c1C(=O)O. The number of hydrogen-bond donors (Lipinski definition) is 3. The second-order valence-corrected chi connectivity index (χ2v) is 5.88. The van der Waals surface area contributed by atoms with Crippen LogP contribution in [0.4, 0.5) is 10.5 Å². The first-order valence-corrected chi connectivity index (χ1v) is 6.73. The molecule has 5 nitrogen and oxygen atoms in total. The van der Waals surface area contributed by atoms with Gasteiger partial charge < -0.3 is 15.7 Å². The van der Waals surface area contributed by atoms with Crippen LogP contribution in [0.25, 0.3) is 0 Å². The number of rotatable bonds is 4. The summed E-state index contributed by atoms with van der Waals surface area (Å²) in [5.41, 5.74) is 0.808. The molecule has 2 rings (SSSR count). The van der Waals surface area contributed by atoms with Gasteiger partial charge in [-0.2, -0.15) is 0 Å². The summed E-state index contributed by atoms with van der Waals surface area (Å²) < 4.78 is 0. The van der Waals surface area contributed by atoms with Crippen LogP contribution in [0, 0.1) is 12.8 Å². The number of aryl methyl sites for hydroxylation is 1. The van der Waals surface area contributed by atoms with E-state index in [0.29, 0.717) is 17.2 Å². The molecule has 3 N–H and O–H groups in total. The quantitative estimate of drug-likeness (QED) is 0.791. The number of carbonyl (C=O) groups excluding carboxylic acids is 1. The van der Waals surface area contributed by atoms with Gasteiger partial charge in [0.2, 0.25) is 0 Å². The van der Waals surface area contributed by atoms with E-state index < -0.39 is 5.97 Å². The third-order valence-corrected chi connectivity index (χ3v) is 3.77. The number of aromatic carboxylic acids is 1. The molecule has 1 aromatic carbocycles. The number of nitrogens with one attached hydrogen (secondary N) is 2. The third-order valence-electron chi connectivity index (χ3n) is 3.77. The van der Waals surface area contributed by atoms with E-state index in [2.05, 4.69) is 10.6 Å². The van der Waals surface area contributed by atoms with Crippen LogP contribution in [0.15, 0.2) is 18.2 Å². The second-order valence-electron chi connectivity index (χ2n) is 5.88. The van der Waals surface area contributed by atoms with E-state index in [1.165, 1.54) is 0 Å². The van der Waals surface area contributed by atoms with E-state index in [1.807, 2.05) is 13.8 Å². The molecule has 1 fully saturated rings. The summed E-state index contributed by atoms with van der Waals surface area (Å²) >= 11 is 0. The van der Waals surface area contributed by atoms with Crippen LogP contribution in [-0.4, -0.2) is 22.6 Å². The Morgan fingerprint density at radius 3 is 2.50 bits per heavy atom. The van der Waals surface area contributed by atoms with Gasteiger partial charge in [-0.1, -0.05) is 12.1 Å². The molecule has 0 saturated heterocycles. The van der Waals surface area contributed by atoms with E-state index in [4.69, 9.17) is 0 Å². The lowest BCUT2D eigenvalue weighted by Gasteiger charge is -2.26. The van der Waals surface area contributed by atoms with Gasteiger partial charge >= 0.3 is 12.0 Å². The summed E-state index contributed by atoms with van der Waals surface area (Å²) in [6.07, 6.45) is 2.25. The molecule has 0 heterocycles. The van der Waals surface area contributed by atoms with Gasteiger partial charge in [0.15, 0.2) is 0 Å². The zero-order valence-corrected chi connectivity index (χ0v) is 12.0. The first kappa shape index (κ1) is 14.4. The predicted molar refractivity (Wildman–Crippen MR) is 77.1 cm³/mol. The molecule has 5 heteroatoms. The van der Waals surface area contributed by atoms with Gasteiger partial charge in [0.25, 0.3) is 0 Å². The molecule has 0 radical (unpaired) electrons. The average Bonchev–Trinajstić information content (AvgIpc) is 3.10. The fourth-order valence-corrected chi connectivity index (χ4v) is 2.41. The van der Waals surface area contributed by atoms with Crippen LogP contribution in [0.3, 0.4) is 0 Å². The van der Waals surface area contributed by atoms with Gasteiger partial charge in [-0.3, -0.25) is 0 Å². The lowest BCUT2D eigenvalue weighted by Crippen LogP contribution is -2.47. The Morgan fingerprint density at radius 1 is 1.30 bits per heavy atom. The molecule has 0 aromatic heterocycles. The fraction of sp³-hybridized carbons (Fsp3) is 0.467. The van der Waals surface area contributed by atoms with Crippen molar-refractivity contribution in [3.63, 3.8) is 0 Å². The third kappa shape index (κ3) is 3.10. The van der Waals surface area contributed by atoms with Crippen LogP contribution in [0.2, 0.25) is 0 Å². The van der Waals surface area contributed by atoms with Gasteiger partial charge in [0.1, 0.15) is 0 Å². The summed E-state index contributed by atoms with van der Waals surface area (Å²) in [6, 6.07) is 4.67. The maximum Gasteiger partial charge on any atom is 0.338 e. The minimum atomic E-state index is -1.04. The number of carboxylic acid groups (broad SMARTS) is 1. The Hall–Kier alpha value is -2.04. The number of benzene rings is 1. The van der Waals surface area contributed by atoms with Crippen molar-refractivity contribution in [2.24, 2.45) is 5.92 Å². The monoisotopic (exact) mass is 276 g/mol. The molecular formula is C15H20N2O3. The second kappa shape index (κ2) is 5.15. The van der Waals surface area contributed by atoms with Gasteiger partial charge in [-0.05, 0) is 51.2 Å². The number of carboxylic acids is 1. The Labute approximate surface area is 118 Å². The number of carbonyl (C=O) groups is 2. The number of urea groups is 1. The predicted octanol–water partition coefficient (Wildman–Crippen LogP) is 3.00. The zero-order valence-electron chi connectivity index (χ0n) is 12.0. The molecule has 20 heavy (non-hydrogen) atoms. The first-order chi connectivity index (χ1) is 9.31.